The van der Waals surface area contributed by atoms with Crippen LogP contribution in [-0.2, 0) is 16.2 Å². The van der Waals surface area contributed by atoms with E-state index in [1.165, 1.54) is 18.2 Å². The summed E-state index contributed by atoms with van der Waals surface area (Å²) < 4.78 is 19.8. The number of hydrogen-bond donors (Lipinski definition) is 1. The van der Waals surface area contributed by atoms with Gasteiger partial charge in [-0.25, -0.2) is 4.39 Å². The topological polar surface area (TPSA) is 75.7 Å². The Labute approximate surface area is 218 Å². The predicted octanol–water partition coefficient (Wildman–Crippen LogP) is 6.50. The fourth-order valence-electron chi connectivity index (χ4n) is 3.16. The van der Waals surface area contributed by atoms with Crippen molar-refractivity contribution in [2.45, 2.75) is 6.61 Å². The van der Waals surface area contributed by atoms with E-state index in [0.29, 0.717) is 27.4 Å². The highest BCUT2D eigenvalue weighted by Crippen LogP contribution is 2.34. The molecule has 0 aliphatic carbocycles. The van der Waals surface area contributed by atoms with Crippen LogP contribution in [0.1, 0.15) is 11.1 Å². The van der Waals surface area contributed by atoms with Gasteiger partial charge in [0.25, 0.3) is 11.1 Å². The largest absolute Gasteiger partial charge is 0.488 e. The van der Waals surface area contributed by atoms with Crippen molar-refractivity contribution in [2.75, 3.05) is 11.9 Å². The first kappa shape index (κ1) is 25.0. The summed E-state index contributed by atoms with van der Waals surface area (Å²) in [5.74, 6) is -1.08. The van der Waals surface area contributed by atoms with Crippen molar-refractivity contribution in [3.05, 3.63) is 98.1 Å². The van der Waals surface area contributed by atoms with E-state index < -0.39 is 29.4 Å². The molecule has 0 atom stereocenters. The molecule has 4 rings (SSSR count). The predicted molar refractivity (Wildman–Crippen MR) is 138 cm³/mol. The van der Waals surface area contributed by atoms with Crippen LogP contribution in [0.5, 0.6) is 5.75 Å². The monoisotopic (exact) mass is 574 g/mol. The van der Waals surface area contributed by atoms with Crippen molar-refractivity contribution in [3.8, 4) is 5.75 Å². The van der Waals surface area contributed by atoms with Gasteiger partial charge in [-0.3, -0.25) is 19.3 Å². The first-order valence-corrected chi connectivity index (χ1v) is 12.2. The first-order valence-electron chi connectivity index (χ1n) is 10.3. The highest BCUT2D eigenvalue weighted by molar-refractivity contribution is 9.10. The molecule has 0 bridgehead atoms. The molecule has 0 aromatic heterocycles. The van der Waals surface area contributed by atoms with Crippen molar-refractivity contribution in [2.24, 2.45) is 0 Å². The third-order valence-corrected chi connectivity index (χ3v) is 6.62. The Balaban J connectivity index is 1.39. The number of amides is 3. The van der Waals surface area contributed by atoms with Gasteiger partial charge in [0.1, 0.15) is 24.7 Å². The lowest BCUT2D eigenvalue weighted by Gasteiger charge is -2.12. The highest BCUT2D eigenvalue weighted by Gasteiger charge is 2.36. The molecule has 3 aromatic carbocycles. The van der Waals surface area contributed by atoms with Gasteiger partial charge in [-0.05, 0) is 87.4 Å². The van der Waals surface area contributed by atoms with Gasteiger partial charge in [-0.15, -0.1) is 0 Å². The fraction of sp³-hybridized carbons (Fsp3) is 0.0800. The lowest BCUT2D eigenvalue weighted by Crippen LogP contribution is -2.36. The molecule has 0 radical (unpaired) electrons. The quantitative estimate of drug-likeness (QED) is 0.326. The Morgan fingerprint density at radius 1 is 1.11 bits per heavy atom. The minimum Gasteiger partial charge on any atom is -0.488 e. The van der Waals surface area contributed by atoms with Crippen LogP contribution in [0.3, 0.4) is 0 Å². The summed E-state index contributed by atoms with van der Waals surface area (Å²) in [5.41, 5.74) is 1.87. The number of anilines is 1. The average molecular weight is 576 g/mol. The zero-order valence-corrected chi connectivity index (χ0v) is 21.1. The van der Waals surface area contributed by atoms with E-state index in [0.717, 1.165) is 28.3 Å². The number of thioether (sulfide) groups is 1. The van der Waals surface area contributed by atoms with Crippen LogP contribution in [0.25, 0.3) is 6.08 Å². The maximum atomic E-state index is 13.3. The number of carbonyl (C=O) groups is 3. The minimum atomic E-state index is -0.607. The Morgan fingerprint density at radius 3 is 2.60 bits per heavy atom. The molecule has 3 aromatic rings. The lowest BCUT2D eigenvalue weighted by molar-refractivity contribution is -0.127. The second-order valence-electron chi connectivity index (χ2n) is 7.43. The number of ether oxygens (including phenoxy) is 1. The molecule has 6 nitrogen and oxygen atoms in total. The summed E-state index contributed by atoms with van der Waals surface area (Å²) >= 11 is 10.1. The second kappa shape index (κ2) is 11.1. The molecular formula is C25H17BrClFN2O4S. The molecular weight excluding hydrogens is 559 g/mol. The standard InChI is InChI=1S/C25H17BrClFN2O4S/c26-20-10-16(6-9-21(20)34-14-15-4-7-17(27)8-5-15)11-22-24(32)30(25(33)35-22)13-23(31)29-19-3-1-2-18(28)12-19/h1-12H,13-14H2,(H,29,31)/b22-11+. The van der Waals surface area contributed by atoms with Crippen LogP contribution >= 0.6 is 39.3 Å². The van der Waals surface area contributed by atoms with Gasteiger partial charge in [0.15, 0.2) is 0 Å². The highest BCUT2D eigenvalue weighted by atomic mass is 79.9. The second-order valence-corrected chi connectivity index (χ2v) is 9.72. The molecule has 178 valence electrons. The summed E-state index contributed by atoms with van der Waals surface area (Å²) in [6.07, 6.45) is 1.57. The zero-order valence-electron chi connectivity index (χ0n) is 18.0. The average Bonchev–Trinajstić information content (AvgIpc) is 3.07. The maximum Gasteiger partial charge on any atom is 0.294 e. The summed E-state index contributed by atoms with van der Waals surface area (Å²) in [6.45, 7) is -0.120. The summed E-state index contributed by atoms with van der Waals surface area (Å²) in [7, 11) is 0. The van der Waals surface area contributed by atoms with Crippen LogP contribution in [0, 0.1) is 5.82 Å². The van der Waals surface area contributed by atoms with Gasteiger partial charge in [0.05, 0.1) is 9.38 Å². The summed E-state index contributed by atoms with van der Waals surface area (Å²) in [6, 6.07) is 17.9. The molecule has 0 spiro atoms. The fourth-order valence-corrected chi connectivity index (χ4v) is 4.64. The van der Waals surface area contributed by atoms with E-state index in [2.05, 4.69) is 21.2 Å². The van der Waals surface area contributed by atoms with Crippen molar-refractivity contribution in [1.82, 2.24) is 4.90 Å². The van der Waals surface area contributed by atoms with Gasteiger partial charge in [0.2, 0.25) is 5.91 Å². The lowest BCUT2D eigenvalue weighted by atomic mass is 10.2. The molecule has 35 heavy (non-hydrogen) atoms. The van der Waals surface area contributed by atoms with Crippen molar-refractivity contribution >= 4 is 68.1 Å². The van der Waals surface area contributed by atoms with Crippen LogP contribution in [0.2, 0.25) is 5.02 Å². The molecule has 10 heteroatoms. The van der Waals surface area contributed by atoms with Gasteiger partial charge >= 0.3 is 0 Å². The van der Waals surface area contributed by atoms with Crippen molar-refractivity contribution in [3.63, 3.8) is 0 Å². The van der Waals surface area contributed by atoms with E-state index in [9.17, 15) is 18.8 Å². The van der Waals surface area contributed by atoms with Gasteiger partial charge in [0, 0.05) is 10.7 Å². The Kier molecular flexibility index (Phi) is 7.90. The van der Waals surface area contributed by atoms with Gasteiger partial charge < -0.3 is 10.1 Å². The molecule has 0 saturated carbocycles. The van der Waals surface area contributed by atoms with Crippen molar-refractivity contribution < 1.29 is 23.5 Å². The molecule has 1 N–H and O–H groups in total. The minimum absolute atomic E-state index is 0.190. The van der Waals surface area contributed by atoms with Crippen LogP contribution in [0.4, 0.5) is 14.9 Å². The third-order valence-electron chi connectivity index (χ3n) is 4.84. The number of rotatable bonds is 7. The molecule has 1 aliphatic rings. The number of halogens is 3. The number of imide groups is 1. The van der Waals surface area contributed by atoms with E-state index in [1.807, 2.05) is 12.1 Å². The molecule has 0 unspecified atom stereocenters. The van der Waals surface area contributed by atoms with Crippen LogP contribution < -0.4 is 10.1 Å². The van der Waals surface area contributed by atoms with Gasteiger partial charge in [-0.1, -0.05) is 35.9 Å². The zero-order chi connectivity index (χ0) is 24.9. The number of nitrogens with zero attached hydrogens (tertiary/aromatic N) is 1. The molecule has 1 aliphatic heterocycles. The molecule has 1 heterocycles. The van der Waals surface area contributed by atoms with Crippen LogP contribution in [0.15, 0.2) is 76.1 Å². The van der Waals surface area contributed by atoms with E-state index in [4.69, 9.17) is 16.3 Å². The van der Waals surface area contributed by atoms with Gasteiger partial charge in [-0.2, -0.15) is 0 Å². The van der Waals surface area contributed by atoms with Crippen LogP contribution in [-0.4, -0.2) is 28.5 Å². The number of benzene rings is 3. The number of hydrogen-bond acceptors (Lipinski definition) is 5. The number of carbonyl (C=O) groups excluding carboxylic acids is 3. The maximum absolute atomic E-state index is 13.3. The van der Waals surface area contributed by atoms with Crippen molar-refractivity contribution in [1.29, 1.82) is 0 Å². The molecule has 3 amide bonds. The molecule has 1 saturated heterocycles. The first-order chi connectivity index (χ1) is 16.8. The SMILES string of the molecule is O=C(CN1C(=O)S/C(=C/c2ccc(OCc3ccc(Cl)cc3)c(Br)c2)C1=O)Nc1cccc(F)c1. The van der Waals surface area contributed by atoms with E-state index >= 15 is 0 Å². The molecule has 1 fully saturated rings. The smallest absolute Gasteiger partial charge is 0.294 e. The Hall–Kier alpha value is -3.14. The Morgan fingerprint density at radius 2 is 1.89 bits per heavy atom. The summed E-state index contributed by atoms with van der Waals surface area (Å²) in [4.78, 5) is 38.4. The van der Waals surface area contributed by atoms with E-state index in [1.54, 1.807) is 36.4 Å². The van der Waals surface area contributed by atoms with E-state index in [-0.39, 0.29) is 10.6 Å². The number of nitrogens with one attached hydrogen (secondary N) is 1. The normalized spacial score (nSPS) is 14.5. The Bertz CT molecular complexity index is 1330. The third kappa shape index (κ3) is 6.50. The summed E-state index contributed by atoms with van der Waals surface area (Å²) in [5, 5.41) is 2.57.